The fourth-order valence-electron chi connectivity index (χ4n) is 3.40. The van der Waals surface area contributed by atoms with Gasteiger partial charge in [0.2, 0.25) is 5.91 Å². The minimum absolute atomic E-state index is 0.0510. The van der Waals surface area contributed by atoms with E-state index in [0.29, 0.717) is 22.6 Å². The van der Waals surface area contributed by atoms with Crippen LogP contribution in [0.2, 0.25) is 0 Å². The zero-order chi connectivity index (χ0) is 21.8. The molecule has 0 aliphatic rings. The van der Waals surface area contributed by atoms with Gasteiger partial charge in [-0.2, -0.15) is 0 Å². The van der Waals surface area contributed by atoms with E-state index < -0.39 is 5.25 Å². The minimum Gasteiger partial charge on any atom is -0.315 e. The fraction of sp³-hybridized carbons (Fsp3) is 0.160. The number of rotatable bonds is 6. The summed E-state index contributed by atoms with van der Waals surface area (Å²) in [5.41, 5.74) is 2.36. The van der Waals surface area contributed by atoms with E-state index in [-0.39, 0.29) is 11.5 Å². The smallest absolute Gasteiger partial charge is 0.262 e. The maximum Gasteiger partial charge on any atom is 0.262 e. The number of anilines is 1. The van der Waals surface area contributed by atoms with Crippen molar-refractivity contribution in [2.75, 3.05) is 11.9 Å². The number of hydrogen-bond acceptors (Lipinski definition) is 4. The van der Waals surface area contributed by atoms with Gasteiger partial charge in [-0.25, -0.2) is 4.98 Å². The van der Waals surface area contributed by atoms with E-state index in [1.807, 2.05) is 85.8 Å². The second-order valence-corrected chi connectivity index (χ2v) is 8.59. The quantitative estimate of drug-likeness (QED) is 0.332. The van der Waals surface area contributed by atoms with E-state index in [0.717, 1.165) is 11.3 Å². The Labute approximate surface area is 185 Å². The van der Waals surface area contributed by atoms with Gasteiger partial charge in [0, 0.05) is 12.7 Å². The van der Waals surface area contributed by atoms with Crippen molar-refractivity contribution in [1.82, 2.24) is 9.55 Å². The first-order chi connectivity index (χ1) is 15.0. The lowest BCUT2D eigenvalue weighted by Gasteiger charge is -2.22. The molecule has 156 valence electrons. The van der Waals surface area contributed by atoms with Crippen molar-refractivity contribution >= 4 is 34.3 Å². The molecule has 0 aliphatic heterocycles. The summed E-state index contributed by atoms with van der Waals surface area (Å²) in [6, 6.07) is 26.6. The van der Waals surface area contributed by atoms with E-state index in [2.05, 4.69) is 0 Å². The first-order valence-electron chi connectivity index (χ1n) is 10.1. The first kappa shape index (κ1) is 20.9. The summed E-state index contributed by atoms with van der Waals surface area (Å²) in [6.07, 6.45) is 0. The lowest BCUT2D eigenvalue weighted by atomic mass is 10.2. The second kappa shape index (κ2) is 9.18. The van der Waals surface area contributed by atoms with Crippen LogP contribution in [-0.2, 0) is 11.3 Å². The molecule has 4 rings (SSSR count). The lowest BCUT2D eigenvalue weighted by molar-refractivity contribution is -0.117. The molecule has 0 bridgehead atoms. The van der Waals surface area contributed by atoms with Crippen LogP contribution in [0, 0.1) is 0 Å². The minimum atomic E-state index is -0.416. The SMILES string of the molecule is CC(Sc1nc2ccccc2c(=O)n1Cc1ccccc1)C(=O)N(C)c1ccccc1. The highest BCUT2D eigenvalue weighted by atomic mass is 32.2. The molecule has 0 saturated heterocycles. The largest absolute Gasteiger partial charge is 0.315 e. The van der Waals surface area contributed by atoms with Crippen LogP contribution in [0.25, 0.3) is 10.9 Å². The van der Waals surface area contributed by atoms with Gasteiger partial charge in [-0.3, -0.25) is 14.2 Å². The molecule has 0 spiro atoms. The summed E-state index contributed by atoms with van der Waals surface area (Å²) in [7, 11) is 1.76. The van der Waals surface area contributed by atoms with Crippen LogP contribution in [0.1, 0.15) is 12.5 Å². The summed E-state index contributed by atoms with van der Waals surface area (Å²) in [6.45, 7) is 2.25. The number of thioether (sulfide) groups is 1. The standard InChI is InChI=1S/C25H23N3O2S/c1-18(23(29)27(2)20-13-7-4-8-14-20)31-25-26-22-16-10-9-15-21(22)24(30)28(25)17-19-11-5-3-6-12-19/h3-16,18H,17H2,1-2H3. The van der Waals surface area contributed by atoms with Gasteiger partial charge in [-0.05, 0) is 36.8 Å². The highest BCUT2D eigenvalue weighted by molar-refractivity contribution is 8.00. The summed E-state index contributed by atoms with van der Waals surface area (Å²) in [5, 5.41) is 0.693. The van der Waals surface area contributed by atoms with E-state index in [1.165, 1.54) is 11.8 Å². The highest BCUT2D eigenvalue weighted by Gasteiger charge is 2.23. The molecule has 1 heterocycles. The van der Waals surface area contributed by atoms with E-state index >= 15 is 0 Å². The van der Waals surface area contributed by atoms with Gasteiger partial charge >= 0.3 is 0 Å². The van der Waals surface area contributed by atoms with Gasteiger partial charge in [0.05, 0.1) is 22.7 Å². The van der Waals surface area contributed by atoms with Crippen molar-refractivity contribution in [3.63, 3.8) is 0 Å². The third-order valence-electron chi connectivity index (χ3n) is 5.11. The Kier molecular flexibility index (Phi) is 6.18. The van der Waals surface area contributed by atoms with Crippen molar-refractivity contribution < 1.29 is 4.79 Å². The molecule has 1 atom stereocenters. The van der Waals surface area contributed by atoms with E-state index in [9.17, 15) is 9.59 Å². The summed E-state index contributed by atoms with van der Waals surface area (Å²) in [4.78, 5) is 32.7. The number of carbonyl (C=O) groups excluding carboxylic acids is 1. The second-order valence-electron chi connectivity index (χ2n) is 7.28. The maximum atomic E-state index is 13.3. The maximum absolute atomic E-state index is 13.3. The number of amides is 1. The Morgan fingerprint density at radius 1 is 0.968 bits per heavy atom. The van der Waals surface area contributed by atoms with Gasteiger partial charge < -0.3 is 4.90 Å². The molecule has 4 aromatic rings. The molecule has 6 heteroatoms. The first-order valence-corrected chi connectivity index (χ1v) is 11.0. The molecule has 0 N–H and O–H groups in total. The van der Waals surface area contributed by atoms with Crippen molar-refractivity contribution in [2.24, 2.45) is 0 Å². The molecule has 0 radical (unpaired) electrons. The zero-order valence-electron chi connectivity index (χ0n) is 17.4. The van der Waals surface area contributed by atoms with Crippen molar-refractivity contribution in [3.8, 4) is 0 Å². The molecule has 1 aromatic heterocycles. The normalized spacial score (nSPS) is 11.9. The highest BCUT2D eigenvalue weighted by Crippen LogP contribution is 2.26. The number of nitrogens with zero attached hydrogens (tertiary/aromatic N) is 3. The van der Waals surface area contributed by atoms with Gasteiger partial charge in [0.15, 0.2) is 5.16 Å². The molecule has 3 aromatic carbocycles. The molecular weight excluding hydrogens is 406 g/mol. The predicted octanol–water partition coefficient (Wildman–Crippen LogP) is 4.59. The predicted molar refractivity (Wildman–Crippen MR) is 127 cm³/mol. The van der Waals surface area contributed by atoms with Crippen LogP contribution in [-0.4, -0.2) is 27.8 Å². The number of benzene rings is 3. The summed E-state index contributed by atoms with van der Waals surface area (Å²) >= 11 is 1.31. The van der Waals surface area contributed by atoms with Crippen molar-refractivity contribution in [1.29, 1.82) is 0 Å². The molecule has 1 amide bonds. The number of carbonyl (C=O) groups is 1. The van der Waals surface area contributed by atoms with Crippen LogP contribution >= 0.6 is 11.8 Å². The van der Waals surface area contributed by atoms with Crippen molar-refractivity contribution in [3.05, 3.63) is 101 Å². The van der Waals surface area contributed by atoms with Crippen LogP contribution in [0.15, 0.2) is 94.9 Å². The van der Waals surface area contributed by atoms with Gasteiger partial charge in [-0.1, -0.05) is 72.4 Å². The number of hydrogen-bond donors (Lipinski definition) is 0. The molecule has 0 fully saturated rings. The Morgan fingerprint density at radius 2 is 1.58 bits per heavy atom. The third-order valence-corrected chi connectivity index (χ3v) is 6.19. The Morgan fingerprint density at radius 3 is 2.29 bits per heavy atom. The van der Waals surface area contributed by atoms with E-state index in [1.54, 1.807) is 22.6 Å². The summed E-state index contributed by atoms with van der Waals surface area (Å²) < 4.78 is 1.66. The van der Waals surface area contributed by atoms with Gasteiger partial charge in [-0.15, -0.1) is 0 Å². The lowest BCUT2D eigenvalue weighted by Crippen LogP contribution is -2.34. The summed E-state index contributed by atoms with van der Waals surface area (Å²) in [5.74, 6) is -0.0510. The Bertz CT molecular complexity index is 1260. The monoisotopic (exact) mass is 429 g/mol. The molecule has 0 aliphatic carbocycles. The zero-order valence-corrected chi connectivity index (χ0v) is 18.3. The number of para-hydroxylation sites is 2. The Hall–Kier alpha value is -3.38. The average Bonchev–Trinajstić information content (AvgIpc) is 2.82. The molecular formula is C25H23N3O2S. The molecule has 0 saturated carbocycles. The van der Waals surface area contributed by atoms with Crippen molar-refractivity contribution in [2.45, 2.75) is 23.9 Å². The molecule has 31 heavy (non-hydrogen) atoms. The third kappa shape index (κ3) is 4.54. The number of aromatic nitrogens is 2. The van der Waals surface area contributed by atoms with Gasteiger partial charge in [0.1, 0.15) is 0 Å². The molecule has 1 unspecified atom stereocenters. The topological polar surface area (TPSA) is 55.2 Å². The van der Waals surface area contributed by atoms with Gasteiger partial charge in [0.25, 0.3) is 5.56 Å². The fourth-order valence-corrected chi connectivity index (χ4v) is 4.40. The van der Waals surface area contributed by atoms with Crippen LogP contribution in [0.3, 0.4) is 0 Å². The van der Waals surface area contributed by atoms with Crippen LogP contribution in [0.4, 0.5) is 5.69 Å². The average molecular weight is 430 g/mol. The van der Waals surface area contributed by atoms with Crippen LogP contribution in [0.5, 0.6) is 0 Å². The Balaban J connectivity index is 1.69. The van der Waals surface area contributed by atoms with Crippen LogP contribution < -0.4 is 10.5 Å². The van der Waals surface area contributed by atoms with E-state index in [4.69, 9.17) is 4.98 Å². The number of fused-ring (bicyclic) bond motifs is 1. The molecule has 5 nitrogen and oxygen atoms in total.